The van der Waals surface area contributed by atoms with Crippen molar-refractivity contribution in [1.29, 1.82) is 0 Å². The highest BCUT2D eigenvalue weighted by molar-refractivity contribution is 7.95. The molecule has 2 aliphatic heterocycles. The lowest BCUT2D eigenvalue weighted by atomic mass is 10.1. The van der Waals surface area contributed by atoms with Crippen molar-refractivity contribution in [1.82, 2.24) is 4.90 Å². The molecule has 2 heterocycles. The normalized spacial score (nSPS) is 21.6. The number of nitrogens with zero attached hydrogens (tertiary/aromatic N) is 1. The zero-order valence-electron chi connectivity index (χ0n) is 11.2. The topological polar surface area (TPSA) is 72.6 Å². The van der Waals surface area contributed by atoms with Crippen molar-refractivity contribution in [2.24, 2.45) is 5.73 Å². The van der Waals surface area contributed by atoms with Crippen LogP contribution in [-0.2, 0) is 21.1 Å². The fourth-order valence-electron chi connectivity index (χ4n) is 2.56. The van der Waals surface area contributed by atoms with Crippen molar-refractivity contribution in [2.75, 3.05) is 32.8 Å². The standard InChI is InChI=1S/C14H18N2O3S/c15-9-11-1-2-12-8-13(20(17,18)14(12)7-11)10-16-3-5-19-6-4-16/h1-2,7-8H,3-6,9-10,15H2. The van der Waals surface area contributed by atoms with E-state index in [1.807, 2.05) is 12.1 Å². The number of morpholine rings is 1. The Morgan fingerprint density at radius 3 is 2.70 bits per heavy atom. The Labute approximate surface area is 118 Å². The Hall–Kier alpha value is -1.21. The van der Waals surface area contributed by atoms with Gasteiger partial charge >= 0.3 is 0 Å². The third-order valence-corrected chi connectivity index (χ3v) is 5.62. The second-order valence-electron chi connectivity index (χ2n) is 5.08. The van der Waals surface area contributed by atoms with Crippen molar-refractivity contribution in [3.8, 4) is 0 Å². The summed E-state index contributed by atoms with van der Waals surface area (Å²) in [6, 6.07) is 5.40. The first-order chi connectivity index (χ1) is 9.61. The summed E-state index contributed by atoms with van der Waals surface area (Å²) in [5, 5.41) is 0. The molecule has 0 saturated carbocycles. The SMILES string of the molecule is NCc1ccc2c(c1)S(=O)(=O)C(CN1CCOCC1)=C2. The molecule has 1 saturated heterocycles. The van der Waals surface area contributed by atoms with Crippen LogP contribution in [0.15, 0.2) is 28.0 Å². The summed E-state index contributed by atoms with van der Waals surface area (Å²) in [6.45, 7) is 3.68. The van der Waals surface area contributed by atoms with Gasteiger partial charge in [0.15, 0.2) is 0 Å². The summed E-state index contributed by atoms with van der Waals surface area (Å²) in [6.07, 6.45) is 1.78. The van der Waals surface area contributed by atoms with E-state index in [0.717, 1.165) is 24.2 Å². The van der Waals surface area contributed by atoms with Crippen LogP contribution in [0.3, 0.4) is 0 Å². The fourth-order valence-corrected chi connectivity index (χ4v) is 4.22. The Morgan fingerprint density at radius 2 is 2.00 bits per heavy atom. The maximum absolute atomic E-state index is 12.6. The molecule has 0 aromatic heterocycles. The predicted octanol–water partition coefficient (Wildman–Crippen LogP) is 0.606. The van der Waals surface area contributed by atoms with Crippen molar-refractivity contribution in [3.05, 3.63) is 34.2 Å². The van der Waals surface area contributed by atoms with E-state index in [2.05, 4.69) is 4.90 Å². The highest BCUT2D eigenvalue weighted by atomic mass is 32.2. The van der Waals surface area contributed by atoms with E-state index in [1.54, 1.807) is 12.1 Å². The molecular formula is C14H18N2O3S. The van der Waals surface area contributed by atoms with Crippen LogP contribution in [0.25, 0.3) is 6.08 Å². The molecule has 3 rings (SSSR count). The zero-order chi connectivity index (χ0) is 14.2. The van der Waals surface area contributed by atoms with Gasteiger partial charge in [-0.1, -0.05) is 12.1 Å². The minimum atomic E-state index is -3.36. The second-order valence-corrected chi connectivity index (χ2v) is 7.05. The highest BCUT2D eigenvalue weighted by Gasteiger charge is 2.31. The first-order valence-corrected chi connectivity index (χ1v) is 8.18. The van der Waals surface area contributed by atoms with Crippen LogP contribution in [0.5, 0.6) is 0 Å². The number of ether oxygens (including phenoxy) is 1. The van der Waals surface area contributed by atoms with E-state index >= 15 is 0 Å². The summed E-state index contributed by atoms with van der Waals surface area (Å²) in [5.74, 6) is 0. The Bertz CT molecular complexity index is 646. The average molecular weight is 294 g/mol. The van der Waals surface area contributed by atoms with E-state index in [9.17, 15) is 8.42 Å². The minimum absolute atomic E-state index is 0.349. The van der Waals surface area contributed by atoms with Gasteiger partial charge in [-0.05, 0) is 23.3 Å². The van der Waals surface area contributed by atoms with Crippen LogP contribution >= 0.6 is 0 Å². The molecule has 0 radical (unpaired) electrons. The monoisotopic (exact) mass is 294 g/mol. The Morgan fingerprint density at radius 1 is 1.25 bits per heavy atom. The zero-order valence-corrected chi connectivity index (χ0v) is 12.0. The summed E-state index contributed by atoms with van der Waals surface area (Å²) >= 11 is 0. The number of benzene rings is 1. The molecule has 108 valence electrons. The summed E-state index contributed by atoms with van der Waals surface area (Å²) < 4.78 is 30.4. The van der Waals surface area contributed by atoms with Crippen LogP contribution in [0.1, 0.15) is 11.1 Å². The van der Waals surface area contributed by atoms with Gasteiger partial charge in [-0.3, -0.25) is 4.90 Å². The van der Waals surface area contributed by atoms with Gasteiger partial charge in [0, 0.05) is 26.2 Å². The minimum Gasteiger partial charge on any atom is -0.379 e. The highest BCUT2D eigenvalue weighted by Crippen LogP contribution is 2.33. The average Bonchev–Trinajstić information content (AvgIpc) is 2.71. The predicted molar refractivity (Wildman–Crippen MR) is 76.8 cm³/mol. The van der Waals surface area contributed by atoms with Crippen LogP contribution in [-0.4, -0.2) is 46.2 Å². The smallest absolute Gasteiger partial charge is 0.204 e. The van der Waals surface area contributed by atoms with Crippen molar-refractivity contribution < 1.29 is 13.2 Å². The van der Waals surface area contributed by atoms with Crippen LogP contribution < -0.4 is 5.73 Å². The third-order valence-electron chi connectivity index (χ3n) is 3.75. The number of nitrogens with two attached hydrogens (primary N) is 1. The summed E-state index contributed by atoms with van der Waals surface area (Å²) in [5.41, 5.74) is 7.19. The van der Waals surface area contributed by atoms with E-state index in [0.29, 0.717) is 36.1 Å². The van der Waals surface area contributed by atoms with Gasteiger partial charge in [0.05, 0.1) is 23.0 Å². The van der Waals surface area contributed by atoms with Gasteiger partial charge < -0.3 is 10.5 Å². The quantitative estimate of drug-likeness (QED) is 0.884. The Kier molecular flexibility index (Phi) is 3.64. The molecule has 20 heavy (non-hydrogen) atoms. The lowest BCUT2D eigenvalue weighted by Crippen LogP contribution is -2.38. The number of sulfone groups is 1. The summed E-state index contributed by atoms with van der Waals surface area (Å²) in [7, 11) is -3.36. The number of rotatable bonds is 3. The van der Waals surface area contributed by atoms with E-state index in [1.165, 1.54) is 0 Å². The van der Waals surface area contributed by atoms with Gasteiger partial charge in [0.1, 0.15) is 0 Å². The number of hydrogen-bond acceptors (Lipinski definition) is 5. The van der Waals surface area contributed by atoms with Crippen LogP contribution in [0, 0.1) is 0 Å². The molecule has 1 aromatic rings. The summed E-state index contributed by atoms with van der Waals surface area (Å²) in [4.78, 5) is 2.98. The maximum atomic E-state index is 12.6. The third kappa shape index (κ3) is 2.40. The maximum Gasteiger partial charge on any atom is 0.204 e. The van der Waals surface area contributed by atoms with Gasteiger partial charge in [0.25, 0.3) is 0 Å². The molecule has 1 aromatic carbocycles. The van der Waals surface area contributed by atoms with E-state index < -0.39 is 9.84 Å². The Balaban J connectivity index is 1.87. The van der Waals surface area contributed by atoms with Crippen molar-refractivity contribution >= 4 is 15.9 Å². The largest absolute Gasteiger partial charge is 0.379 e. The molecule has 0 aliphatic carbocycles. The molecule has 0 bridgehead atoms. The lowest BCUT2D eigenvalue weighted by molar-refractivity contribution is 0.0430. The number of fused-ring (bicyclic) bond motifs is 1. The van der Waals surface area contributed by atoms with Gasteiger partial charge in [-0.25, -0.2) is 8.42 Å². The molecule has 2 aliphatic rings. The van der Waals surface area contributed by atoms with Crippen LogP contribution in [0.4, 0.5) is 0 Å². The molecule has 1 fully saturated rings. The molecule has 0 spiro atoms. The molecule has 2 N–H and O–H groups in total. The van der Waals surface area contributed by atoms with E-state index in [-0.39, 0.29) is 0 Å². The van der Waals surface area contributed by atoms with Crippen molar-refractivity contribution in [2.45, 2.75) is 11.4 Å². The second kappa shape index (κ2) is 5.29. The first kappa shape index (κ1) is 13.8. The van der Waals surface area contributed by atoms with Gasteiger partial charge in [0.2, 0.25) is 9.84 Å². The van der Waals surface area contributed by atoms with Gasteiger partial charge in [-0.15, -0.1) is 0 Å². The molecule has 0 amide bonds. The fraction of sp³-hybridized carbons (Fsp3) is 0.429. The molecule has 0 unspecified atom stereocenters. The molecule has 6 heteroatoms. The lowest BCUT2D eigenvalue weighted by Gasteiger charge is -2.26. The molecule has 5 nitrogen and oxygen atoms in total. The first-order valence-electron chi connectivity index (χ1n) is 6.70. The number of hydrogen-bond donors (Lipinski definition) is 1. The molecular weight excluding hydrogens is 276 g/mol. The van der Waals surface area contributed by atoms with Gasteiger partial charge in [-0.2, -0.15) is 0 Å². The van der Waals surface area contributed by atoms with Crippen molar-refractivity contribution in [3.63, 3.8) is 0 Å². The van der Waals surface area contributed by atoms with E-state index in [4.69, 9.17) is 10.5 Å². The van der Waals surface area contributed by atoms with Crippen LogP contribution in [0.2, 0.25) is 0 Å². The molecule has 0 atom stereocenters.